The minimum atomic E-state index is 0.447. The molecule has 0 bridgehead atoms. The first-order chi connectivity index (χ1) is 13.7. The molecule has 28 heavy (non-hydrogen) atoms. The molecule has 1 saturated carbocycles. The van der Waals surface area contributed by atoms with Gasteiger partial charge < -0.3 is 0 Å². The lowest BCUT2D eigenvalue weighted by molar-refractivity contribution is 0.525. The molecule has 6 heterocycles. The Hall–Kier alpha value is 0.800. The minimum absolute atomic E-state index is 0.447. The number of thioether (sulfide) groups is 6. The first-order valence-corrected chi connectivity index (χ1v) is 15.7. The van der Waals surface area contributed by atoms with E-state index < -0.39 is 0 Å². The molecular formula is C22H14S6. The normalized spacial score (nSPS) is 72.0. The summed E-state index contributed by atoms with van der Waals surface area (Å²) in [6, 6.07) is 0. The third-order valence-corrected chi connectivity index (χ3v) is 20.0. The van der Waals surface area contributed by atoms with E-state index in [1.165, 1.54) is 0 Å². The van der Waals surface area contributed by atoms with Gasteiger partial charge in [0.05, 0.1) is 19.0 Å². The Morgan fingerprint density at radius 1 is 0.679 bits per heavy atom. The summed E-state index contributed by atoms with van der Waals surface area (Å²) in [6.45, 7) is 0. The number of hydrogen-bond acceptors (Lipinski definition) is 6. The fourth-order valence-electron chi connectivity index (χ4n) is 7.74. The van der Waals surface area contributed by atoms with E-state index in [-0.39, 0.29) is 0 Å². The standard InChI is InChI=1S/C22H14S6/c1-2-7-4-8-5-9-6-10-12-13(23-12)14-15(24-14)22(10)18(28-22)21(9)17(27-21)20(8)16(26-20)19(7)11(3-1)25-19/h1-6,11-18H. The van der Waals surface area contributed by atoms with Crippen LogP contribution in [0, 0.1) is 0 Å². The highest BCUT2D eigenvalue weighted by molar-refractivity contribution is 8.19. The summed E-state index contributed by atoms with van der Waals surface area (Å²) in [5.41, 5.74) is 6.91. The first kappa shape index (κ1) is 14.8. The highest BCUT2D eigenvalue weighted by Gasteiger charge is 2.93. The fourth-order valence-corrected chi connectivity index (χ4v) is 19.9. The summed E-state index contributed by atoms with van der Waals surface area (Å²) in [5, 5.41) is 7.17. The second kappa shape index (κ2) is 3.77. The van der Waals surface area contributed by atoms with Gasteiger partial charge in [0, 0.05) is 42.0 Å². The van der Waals surface area contributed by atoms with E-state index >= 15 is 0 Å². The molecule has 6 saturated heterocycles. The molecule has 4 spiro atoms. The molecular weight excluding hydrogens is 457 g/mol. The van der Waals surface area contributed by atoms with E-state index in [4.69, 9.17) is 0 Å². The molecule has 11 rings (SSSR count). The first-order valence-electron chi connectivity index (χ1n) is 10.3. The number of allylic oxidation sites excluding steroid dienone is 5. The summed E-state index contributed by atoms with van der Waals surface area (Å²) < 4.78 is 1.94. The van der Waals surface area contributed by atoms with E-state index in [0.717, 1.165) is 42.0 Å². The largest absolute Gasteiger partial charge is 0.150 e. The van der Waals surface area contributed by atoms with Crippen LogP contribution in [0.2, 0.25) is 0 Å². The second-order valence-corrected chi connectivity index (χ2v) is 18.3. The summed E-state index contributed by atoms with van der Waals surface area (Å²) >= 11 is 14.0. The van der Waals surface area contributed by atoms with Crippen molar-refractivity contribution in [2.75, 3.05) is 0 Å². The van der Waals surface area contributed by atoms with Gasteiger partial charge in [-0.2, -0.15) is 0 Å². The van der Waals surface area contributed by atoms with Gasteiger partial charge >= 0.3 is 0 Å². The minimum Gasteiger partial charge on any atom is -0.150 e. The van der Waals surface area contributed by atoms with E-state index in [0.29, 0.717) is 19.0 Å². The zero-order valence-electron chi connectivity index (χ0n) is 14.5. The van der Waals surface area contributed by atoms with Crippen LogP contribution in [0.3, 0.4) is 0 Å². The number of hydrogen-bond donors (Lipinski definition) is 0. The smallest absolute Gasteiger partial charge is 0.0704 e. The molecule has 11 aliphatic rings. The summed E-state index contributed by atoms with van der Waals surface area (Å²) in [5.74, 6) is 0. The molecule has 7 fully saturated rings. The molecule has 0 aromatic rings. The summed E-state index contributed by atoms with van der Waals surface area (Å²) in [7, 11) is 0. The Bertz CT molecular complexity index is 1180. The van der Waals surface area contributed by atoms with Crippen molar-refractivity contribution in [2.45, 2.75) is 61.0 Å². The molecule has 6 aliphatic heterocycles. The van der Waals surface area contributed by atoms with Gasteiger partial charge in [0.15, 0.2) is 0 Å². The molecule has 0 aromatic carbocycles. The third-order valence-electron chi connectivity index (χ3n) is 9.19. The van der Waals surface area contributed by atoms with Crippen molar-refractivity contribution in [1.82, 2.24) is 0 Å². The Labute approximate surface area is 189 Å². The van der Waals surface area contributed by atoms with Crippen molar-refractivity contribution < 1.29 is 0 Å². The van der Waals surface area contributed by atoms with E-state index in [2.05, 4.69) is 107 Å². The van der Waals surface area contributed by atoms with Gasteiger partial charge in [0.25, 0.3) is 0 Å². The second-order valence-electron chi connectivity index (χ2n) is 10.1. The number of fused-ring (bicyclic) bond motifs is 4. The highest BCUT2D eigenvalue weighted by atomic mass is 32.2. The number of rotatable bonds is 0. The van der Waals surface area contributed by atoms with Crippen LogP contribution in [0.4, 0.5) is 0 Å². The maximum Gasteiger partial charge on any atom is 0.0704 e. The van der Waals surface area contributed by atoms with Crippen molar-refractivity contribution >= 4 is 70.6 Å². The molecule has 0 amide bonds. The van der Waals surface area contributed by atoms with Crippen LogP contribution in [0.15, 0.2) is 58.7 Å². The van der Waals surface area contributed by atoms with Gasteiger partial charge in [-0.15, -0.1) is 70.6 Å². The molecule has 0 aromatic heterocycles. The van der Waals surface area contributed by atoms with Crippen LogP contribution < -0.4 is 0 Å². The summed E-state index contributed by atoms with van der Waals surface area (Å²) in [4.78, 5) is 0. The van der Waals surface area contributed by atoms with Crippen LogP contribution in [0.25, 0.3) is 0 Å². The Morgan fingerprint density at radius 3 is 2.36 bits per heavy atom. The van der Waals surface area contributed by atoms with E-state index in [9.17, 15) is 0 Å². The molecule has 138 valence electrons. The maximum atomic E-state index is 2.75. The Morgan fingerprint density at radius 2 is 1.43 bits per heavy atom. The average molecular weight is 471 g/mol. The Balaban J connectivity index is 1.17. The quantitative estimate of drug-likeness (QED) is 0.467. The lowest BCUT2D eigenvalue weighted by Gasteiger charge is -2.38. The molecule has 0 radical (unpaired) electrons. The zero-order chi connectivity index (χ0) is 17.4. The SMILES string of the molecule is C1=CC2SC23C(=C1)C=C1C=C2C=C4C5SC5C5SC5C45SC5C24SC4C12SC32. The molecule has 0 nitrogen and oxygen atoms in total. The van der Waals surface area contributed by atoms with Gasteiger partial charge in [0.2, 0.25) is 0 Å². The van der Waals surface area contributed by atoms with Crippen molar-refractivity contribution in [3.05, 3.63) is 58.7 Å². The maximum absolute atomic E-state index is 2.75. The monoisotopic (exact) mass is 470 g/mol. The molecule has 12 unspecified atom stereocenters. The van der Waals surface area contributed by atoms with Gasteiger partial charge in [-0.25, -0.2) is 0 Å². The third kappa shape index (κ3) is 1.18. The van der Waals surface area contributed by atoms with Gasteiger partial charge in [0.1, 0.15) is 0 Å². The predicted octanol–water partition coefficient (Wildman–Crippen LogP) is 4.70. The van der Waals surface area contributed by atoms with Crippen molar-refractivity contribution in [2.24, 2.45) is 0 Å². The van der Waals surface area contributed by atoms with Crippen LogP contribution >= 0.6 is 70.6 Å². The topological polar surface area (TPSA) is 0 Å². The lowest BCUT2D eigenvalue weighted by Crippen LogP contribution is -2.49. The molecule has 5 aliphatic carbocycles. The van der Waals surface area contributed by atoms with Crippen LogP contribution in [-0.2, 0) is 0 Å². The van der Waals surface area contributed by atoms with E-state index in [1.54, 1.807) is 16.7 Å². The van der Waals surface area contributed by atoms with Crippen molar-refractivity contribution in [1.29, 1.82) is 0 Å². The van der Waals surface area contributed by atoms with Crippen molar-refractivity contribution in [3.8, 4) is 0 Å². The van der Waals surface area contributed by atoms with E-state index in [1.807, 2.05) is 5.57 Å². The fraction of sp³-hybridized carbons (Fsp3) is 0.545. The molecule has 12 atom stereocenters. The zero-order valence-corrected chi connectivity index (χ0v) is 19.4. The van der Waals surface area contributed by atoms with Gasteiger partial charge in [-0.05, 0) is 22.3 Å². The highest BCUT2D eigenvalue weighted by Crippen LogP contribution is 2.93. The van der Waals surface area contributed by atoms with Gasteiger partial charge in [-0.3, -0.25) is 0 Å². The molecule has 0 N–H and O–H groups in total. The average Bonchev–Trinajstić information content (AvgIpc) is 3.48. The van der Waals surface area contributed by atoms with Gasteiger partial charge in [-0.1, -0.05) is 36.5 Å². The van der Waals surface area contributed by atoms with Crippen molar-refractivity contribution in [3.63, 3.8) is 0 Å². The predicted molar refractivity (Wildman–Crippen MR) is 128 cm³/mol. The lowest BCUT2D eigenvalue weighted by atomic mass is 9.63. The summed E-state index contributed by atoms with van der Waals surface area (Å²) in [6.07, 6.45) is 15.3. The van der Waals surface area contributed by atoms with Crippen LogP contribution in [0.5, 0.6) is 0 Å². The van der Waals surface area contributed by atoms with Crippen LogP contribution in [-0.4, -0.2) is 61.0 Å². The Kier molecular flexibility index (Phi) is 1.99. The molecule has 6 heteroatoms. The van der Waals surface area contributed by atoms with Crippen LogP contribution in [0.1, 0.15) is 0 Å².